The second-order valence-corrected chi connectivity index (χ2v) is 8.72. The Morgan fingerprint density at radius 3 is 2.59 bits per heavy atom. The predicted octanol–water partition coefficient (Wildman–Crippen LogP) is 4.08. The standard InChI is InChI=1S/C16H16ClNO2S2/c1-12-3-2-4-15(11-12)22(19,20)18-9-10-21-16(18)13-5-7-14(17)8-6-13/h2-8,11,16H,9-10H2,1H3. The van der Waals surface area contributed by atoms with Gasteiger partial charge in [0.2, 0.25) is 10.0 Å². The van der Waals surface area contributed by atoms with E-state index in [0.717, 1.165) is 16.9 Å². The molecule has 0 saturated carbocycles. The van der Waals surface area contributed by atoms with E-state index in [1.54, 1.807) is 46.4 Å². The molecular formula is C16H16ClNO2S2. The van der Waals surface area contributed by atoms with Crippen LogP contribution in [0.2, 0.25) is 5.02 Å². The van der Waals surface area contributed by atoms with Crippen molar-refractivity contribution < 1.29 is 8.42 Å². The van der Waals surface area contributed by atoms with Crippen LogP contribution in [0, 0.1) is 6.92 Å². The Balaban J connectivity index is 1.97. The average molecular weight is 354 g/mol. The molecule has 0 radical (unpaired) electrons. The van der Waals surface area contributed by atoms with E-state index in [0.29, 0.717) is 16.5 Å². The summed E-state index contributed by atoms with van der Waals surface area (Å²) >= 11 is 7.56. The van der Waals surface area contributed by atoms with Gasteiger partial charge >= 0.3 is 0 Å². The fourth-order valence-corrected chi connectivity index (χ4v) is 5.97. The van der Waals surface area contributed by atoms with E-state index in [4.69, 9.17) is 11.6 Å². The maximum Gasteiger partial charge on any atom is 0.244 e. The van der Waals surface area contributed by atoms with Crippen LogP contribution < -0.4 is 0 Å². The lowest BCUT2D eigenvalue weighted by atomic mass is 10.2. The van der Waals surface area contributed by atoms with E-state index >= 15 is 0 Å². The fraction of sp³-hybridized carbons (Fsp3) is 0.250. The van der Waals surface area contributed by atoms with Crippen molar-refractivity contribution in [2.75, 3.05) is 12.3 Å². The van der Waals surface area contributed by atoms with Gasteiger partial charge in [-0.05, 0) is 42.3 Å². The molecule has 1 saturated heterocycles. The van der Waals surface area contributed by atoms with E-state index in [2.05, 4.69) is 0 Å². The minimum absolute atomic E-state index is 0.192. The van der Waals surface area contributed by atoms with Crippen LogP contribution in [0.3, 0.4) is 0 Å². The van der Waals surface area contributed by atoms with Gasteiger partial charge in [-0.15, -0.1) is 11.8 Å². The minimum Gasteiger partial charge on any atom is -0.207 e. The molecule has 116 valence electrons. The summed E-state index contributed by atoms with van der Waals surface area (Å²) in [4.78, 5) is 0.356. The zero-order valence-electron chi connectivity index (χ0n) is 12.1. The van der Waals surface area contributed by atoms with Gasteiger partial charge in [0.1, 0.15) is 0 Å². The summed E-state index contributed by atoms with van der Waals surface area (Å²) in [6.07, 6.45) is 0. The van der Waals surface area contributed by atoms with Crippen LogP contribution in [0.15, 0.2) is 53.4 Å². The highest BCUT2D eigenvalue weighted by atomic mass is 35.5. The number of hydrogen-bond acceptors (Lipinski definition) is 3. The van der Waals surface area contributed by atoms with Gasteiger partial charge in [0, 0.05) is 17.3 Å². The average Bonchev–Trinajstić information content (AvgIpc) is 2.98. The van der Waals surface area contributed by atoms with Gasteiger partial charge in [0.15, 0.2) is 0 Å². The Morgan fingerprint density at radius 2 is 1.91 bits per heavy atom. The first-order chi connectivity index (χ1) is 10.5. The van der Waals surface area contributed by atoms with Crippen molar-refractivity contribution in [3.05, 3.63) is 64.7 Å². The first-order valence-electron chi connectivity index (χ1n) is 6.94. The second-order valence-electron chi connectivity index (χ2n) is 5.21. The van der Waals surface area contributed by atoms with E-state index < -0.39 is 10.0 Å². The van der Waals surface area contributed by atoms with E-state index in [1.807, 2.05) is 25.1 Å². The van der Waals surface area contributed by atoms with Crippen LogP contribution in [0.5, 0.6) is 0 Å². The molecule has 2 aromatic rings. The molecule has 1 aliphatic heterocycles. The molecule has 3 rings (SSSR count). The van der Waals surface area contributed by atoms with Gasteiger partial charge < -0.3 is 0 Å². The van der Waals surface area contributed by atoms with Gasteiger partial charge in [-0.3, -0.25) is 0 Å². The van der Waals surface area contributed by atoms with Gasteiger partial charge in [0.25, 0.3) is 0 Å². The topological polar surface area (TPSA) is 37.4 Å². The Labute approximate surface area is 140 Å². The van der Waals surface area contributed by atoms with Gasteiger partial charge in [-0.1, -0.05) is 35.9 Å². The lowest BCUT2D eigenvalue weighted by molar-refractivity contribution is 0.434. The normalized spacial score (nSPS) is 19.5. The third kappa shape index (κ3) is 3.04. The molecule has 0 bridgehead atoms. The van der Waals surface area contributed by atoms with Crippen LogP contribution in [-0.2, 0) is 10.0 Å². The number of rotatable bonds is 3. The number of thioether (sulfide) groups is 1. The minimum atomic E-state index is -3.49. The molecule has 1 atom stereocenters. The SMILES string of the molecule is Cc1cccc(S(=O)(=O)N2CCSC2c2ccc(Cl)cc2)c1. The molecule has 6 heteroatoms. The quantitative estimate of drug-likeness (QED) is 0.834. The van der Waals surface area contributed by atoms with Crippen LogP contribution in [-0.4, -0.2) is 25.0 Å². The monoisotopic (exact) mass is 353 g/mol. The fourth-order valence-electron chi connectivity index (χ4n) is 2.50. The number of nitrogens with zero attached hydrogens (tertiary/aromatic N) is 1. The largest absolute Gasteiger partial charge is 0.244 e. The molecule has 0 aliphatic carbocycles. The summed E-state index contributed by atoms with van der Waals surface area (Å²) in [5, 5.41) is 0.461. The van der Waals surface area contributed by atoms with Crippen molar-refractivity contribution in [3.63, 3.8) is 0 Å². The maximum atomic E-state index is 12.9. The van der Waals surface area contributed by atoms with Crippen molar-refractivity contribution >= 4 is 33.4 Å². The van der Waals surface area contributed by atoms with Crippen LogP contribution in [0.25, 0.3) is 0 Å². The lowest BCUT2D eigenvalue weighted by Gasteiger charge is -2.23. The number of benzene rings is 2. The Morgan fingerprint density at radius 1 is 1.18 bits per heavy atom. The summed E-state index contributed by atoms with van der Waals surface area (Å²) in [6, 6.07) is 14.4. The second kappa shape index (κ2) is 6.24. The van der Waals surface area contributed by atoms with Gasteiger partial charge in [-0.2, -0.15) is 4.31 Å². The van der Waals surface area contributed by atoms with E-state index in [-0.39, 0.29) is 5.37 Å². The molecule has 0 spiro atoms. The van der Waals surface area contributed by atoms with Crippen molar-refractivity contribution in [2.24, 2.45) is 0 Å². The molecule has 1 fully saturated rings. The van der Waals surface area contributed by atoms with Crippen LogP contribution in [0.4, 0.5) is 0 Å². The van der Waals surface area contributed by atoms with Crippen molar-refractivity contribution in [2.45, 2.75) is 17.2 Å². The number of aryl methyl sites for hydroxylation is 1. The first-order valence-corrected chi connectivity index (χ1v) is 9.81. The highest BCUT2D eigenvalue weighted by Crippen LogP contribution is 2.41. The highest BCUT2D eigenvalue weighted by molar-refractivity contribution is 8.01. The molecule has 1 heterocycles. The van der Waals surface area contributed by atoms with Crippen molar-refractivity contribution in [3.8, 4) is 0 Å². The molecular weight excluding hydrogens is 338 g/mol. The summed E-state index contributed by atoms with van der Waals surface area (Å²) in [7, 11) is -3.49. The zero-order valence-corrected chi connectivity index (χ0v) is 14.5. The van der Waals surface area contributed by atoms with Crippen LogP contribution in [0.1, 0.15) is 16.5 Å². The van der Waals surface area contributed by atoms with Crippen molar-refractivity contribution in [1.29, 1.82) is 0 Å². The smallest absolute Gasteiger partial charge is 0.207 e. The Bertz CT molecular complexity index is 775. The van der Waals surface area contributed by atoms with Crippen LogP contribution >= 0.6 is 23.4 Å². The number of sulfonamides is 1. The summed E-state index contributed by atoms with van der Waals surface area (Å²) in [5.41, 5.74) is 1.90. The van der Waals surface area contributed by atoms with Gasteiger partial charge in [-0.25, -0.2) is 8.42 Å². The number of halogens is 1. The lowest BCUT2D eigenvalue weighted by Crippen LogP contribution is -2.30. The summed E-state index contributed by atoms with van der Waals surface area (Å²) < 4.78 is 27.4. The molecule has 1 unspecified atom stereocenters. The third-order valence-corrected chi connectivity index (χ3v) is 7.11. The van der Waals surface area contributed by atoms with E-state index in [9.17, 15) is 8.42 Å². The highest BCUT2D eigenvalue weighted by Gasteiger charge is 2.36. The molecule has 1 aliphatic rings. The molecule has 22 heavy (non-hydrogen) atoms. The van der Waals surface area contributed by atoms with E-state index in [1.165, 1.54) is 0 Å². The molecule has 2 aromatic carbocycles. The zero-order chi connectivity index (χ0) is 15.7. The summed E-state index contributed by atoms with van der Waals surface area (Å²) in [5.74, 6) is 0.790. The molecule has 0 amide bonds. The first kappa shape index (κ1) is 15.9. The van der Waals surface area contributed by atoms with Crippen molar-refractivity contribution in [1.82, 2.24) is 4.31 Å². The Hall–Kier alpha value is -1.01. The Kier molecular flexibility index (Phi) is 4.50. The maximum absolute atomic E-state index is 12.9. The summed E-state index contributed by atoms with van der Waals surface area (Å²) in [6.45, 7) is 2.42. The molecule has 0 aromatic heterocycles. The number of hydrogen-bond donors (Lipinski definition) is 0. The van der Waals surface area contributed by atoms with Gasteiger partial charge in [0.05, 0.1) is 10.3 Å². The third-order valence-electron chi connectivity index (χ3n) is 3.60. The predicted molar refractivity (Wildman–Crippen MR) is 91.7 cm³/mol. The molecule has 0 N–H and O–H groups in total. The molecule has 3 nitrogen and oxygen atoms in total.